The molecule has 1 aromatic carbocycles. The van der Waals surface area contributed by atoms with Crippen LogP contribution in [0, 0.1) is 0 Å². The SMILES string of the molecule is C=C(CC)Cc1ccccc1/C=C(\C)c1cnn2c(N)c(Br)c(CN3CCCOCC3)nc12. The van der Waals surface area contributed by atoms with Crippen molar-refractivity contribution in [3.8, 4) is 0 Å². The van der Waals surface area contributed by atoms with Gasteiger partial charge in [0.25, 0.3) is 0 Å². The molecule has 2 aromatic heterocycles. The first-order valence-electron chi connectivity index (χ1n) is 11.5. The number of anilines is 1. The molecule has 1 aliphatic rings. The van der Waals surface area contributed by atoms with Crippen LogP contribution in [0.4, 0.5) is 5.82 Å². The van der Waals surface area contributed by atoms with Crippen LogP contribution in [0.15, 0.2) is 47.1 Å². The predicted octanol–water partition coefficient (Wildman–Crippen LogP) is 5.37. The molecular weight excluding hydrogens is 478 g/mol. The number of halogens is 1. The van der Waals surface area contributed by atoms with Crippen LogP contribution in [0.3, 0.4) is 0 Å². The quantitative estimate of drug-likeness (QED) is 0.433. The molecule has 1 fully saturated rings. The molecule has 33 heavy (non-hydrogen) atoms. The van der Waals surface area contributed by atoms with Crippen LogP contribution in [-0.4, -0.2) is 45.8 Å². The Hall–Kier alpha value is -2.48. The summed E-state index contributed by atoms with van der Waals surface area (Å²) in [6.45, 7) is 12.6. The predicted molar refractivity (Wildman–Crippen MR) is 139 cm³/mol. The molecule has 174 valence electrons. The van der Waals surface area contributed by atoms with Crippen molar-refractivity contribution in [1.29, 1.82) is 0 Å². The van der Waals surface area contributed by atoms with Crippen LogP contribution >= 0.6 is 15.9 Å². The van der Waals surface area contributed by atoms with Gasteiger partial charge in [-0.2, -0.15) is 9.61 Å². The molecule has 0 bridgehead atoms. The van der Waals surface area contributed by atoms with Gasteiger partial charge >= 0.3 is 0 Å². The van der Waals surface area contributed by atoms with E-state index in [1.165, 1.54) is 16.7 Å². The van der Waals surface area contributed by atoms with E-state index >= 15 is 0 Å². The van der Waals surface area contributed by atoms with Crippen molar-refractivity contribution >= 4 is 39.0 Å². The summed E-state index contributed by atoms with van der Waals surface area (Å²) in [5, 5.41) is 4.54. The number of ether oxygens (including phenoxy) is 1. The van der Waals surface area contributed by atoms with Crippen molar-refractivity contribution in [2.24, 2.45) is 0 Å². The molecule has 1 saturated heterocycles. The zero-order chi connectivity index (χ0) is 23.4. The van der Waals surface area contributed by atoms with Gasteiger partial charge in [0.15, 0.2) is 5.65 Å². The first-order valence-corrected chi connectivity index (χ1v) is 12.3. The summed E-state index contributed by atoms with van der Waals surface area (Å²) >= 11 is 3.66. The molecule has 4 rings (SSSR count). The Labute approximate surface area is 204 Å². The highest BCUT2D eigenvalue weighted by Gasteiger charge is 2.19. The maximum atomic E-state index is 6.46. The van der Waals surface area contributed by atoms with Crippen molar-refractivity contribution in [3.63, 3.8) is 0 Å². The number of hydrogen-bond donors (Lipinski definition) is 1. The van der Waals surface area contributed by atoms with Crippen molar-refractivity contribution in [2.45, 2.75) is 39.7 Å². The van der Waals surface area contributed by atoms with E-state index in [0.717, 1.165) is 79.1 Å². The van der Waals surface area contributed by atoms with E-state index in [9.17, 15) is 0 Å². The van der Waals surface area contributed by atoms with Crippen molar-refractivity contribution in [3.05, 3.63) is 69.5 Å². The van der Waals surface area contributed by atoms with Crippen LogP contribution in [0.5, 0.6) is 0 Å². The van der Waals surface area contributed by atoms with Gasteiger partial charge < -0.3 is 10.5 Å². The van der Waals surface area contributed by atoms with Crippen molar-refractivity contribution in [2.75, 3.05) is 32.0 Å². The van der Waals surface area contributed by atoms with E-state index < -0.39 is 0 Å². The zero-order valence-corrected chi connectivity index (χ0v) is 21.1. The lowest BCUT2D eigenvalue weighted by Crippen LogP contribution is -2.27. The van der Waals surface area contributed by atoms with Crippen molar-refractivity contribution < 1.29 is 4.74 Å². The second kappa shape index (κ2) is 10.6. The summed E-state index contributed by atoms with van der Waals surface area (Å²) in [6, 6.07) is 8.48. The van der Waals surface area contributed by atoms with Gasteiger partial charge in [-0.05, 0) is 58.8 Å². The monoisotopic (exact) mass is 509 g/mol. The lowest BCUT2D eigenvalue weighted by atomic mass is 9.97. The summed E-state index contributed by atoms with van der Waals surface area (Å²) < 4.78 is 8.12. The minimum atomic E-state index is 0.569. The van der Waals surface area contributed by atoms with Crippen molar-refractivity contribution in [1.82, 2.24) is 19.5 Å². The highest BCUT2D eigenvalue weighted by atomic mass is 79.9. The van der Waals surface area contributed by atoms with Gasteiger partial charge in [-0.1, -0.05) is 49.4 Å². The third-order valence-electron chi connectivity index (χ3n) is 6.17. The second-order valence-corrected chi connectivity index (χ2v) is 9.39. The lowest BCUT2D eigenvalue weighted by Gasteiger charge is -2.20. The van der Waals surface area contributed by atoms with Crippen LogP contribution in [0.25, 0.3) is 17.3 Å². The molecule has 1 aliphatic heterocycles. The minimum Gasteiger partial charge on any atom is -0.383 e. The molecule has 3 aromatic rings. The molecule has 3 heterocycles. The van der Waals surface area contributed by atoms with E-state index in [2.05, 4.69) is 76.7 Å². The highest BCUT2D eigenvalue weighted by Crippen LogP contribution is 2.30. The Balaban J connectivity index is 1.70. The Morgan fingerprint density at radius 3 is 2.91 bits per heavy atom. The molecular formula is C26H32BrN5O. The van der Waals surface area contributed by atoms with Gasteiger partial charge in [-0.25, -0.2) is 4.98 Å². The summed E-state index contributed by atoms with van der Waals surface area (Å²) in [4.78, 5) is 7.37. The number of benzene rings is 1. The molecule has 0 unspecified atom stereocenters. The normalized spacial score (nSPS) is 15.7. The fourth-order valence-electron chi connectivity index (χ4n) is 4.14. The molecule has 0 amide bonds. The van der Waals surface area contributed by atoms with E-state index in [0.29, 0.717) is 5.82 Å². The van der Waals surface area contributed by atoms with E-state index in [4.69, 9.17) is 15.5 Å². The maximum absolute atomic E-state index is 6.46. The molecule has 0 radical (unpaired) electrons. The van der Waals surface area contributed by atoms with E-state index in [1.807, 2.05) is 6.20 Å². The molecule has 2 N–H and O–H groups in total. The second-order valence-electron chi connectivity index (χ2n) is 8.60. The summed E-state index contributed by atoms with van der Waals surface area (Å²) in [5.74, 6) is 0.569. The molecule has 0 saturated carbocycles. The Morgan fingerprint density at radius 2 is 2.09 bits per heavy atom. The minimum absolute atomic E-state index is 0.569. The average Bonchev–Trinajstić information content (AvgIpc) is 3.07. The topological polar surface area (TPSA) is 68.7 Å². The molecule has 0 atom stereocenters. The average molecular weight is 510 g/mol. The first-order chi connectivity index (χ1) is 16.0. The third kappa shape index (κ3) is 5.37. The van der Waals surface area contributed by atoms with Crippen LogP contribution in [0.2, 0.25) is 0 Å². The number of allylic oxidation sites excluding steroid dienone is 2. The van der Waals surface area contributed by atoms with E-state index in [1.54, 1.807) is 4.52 Å². The van der Waals surface area contributed by atoms with Crippen LogP contribution in [0.1, 0.15) is 49.1 Å². The van der Waals surface area contributed by atoms with Crippen LogP contribution < -0.4 is 5.73 Å². The fourth-order valence-corrected chi connectivity index (χ4v) is 4.52. The third-order valence-corrected chi connectivity index (χ3v) is 7.04. The molecule has 7 heteroatoms. The standard InChI is InChI=1S/C26H32BrN5O/c1-4-18(2)14-20-8-5-6-9-21(20)15-19(3)22-16-29-32-25(28)24(27)23(30-26(22)32)17-31-10-7-12-33-13-11-31/h5-6,8-9,15-16H,2,4,7,10-14,17,28H2,1,3H3/b19-15+. The fraction of sp³-hybridized carbons (Fsp3) is 0.385. The van der Waals surface area contributed by atoms with Gasteiger partial charge in [0.05, 0.1) is 23.0 Å². The molecule has 0 aliphatic carbocycles. The summed E-state index contributed by atoms with van der Waals surface area (Å²) in [7, 11) is 0. The number of hydrogen-bond acceptors (Lipinski definition) is 5. The van der Waals surface area contributed by atoms with Gasteiger partial charge in [0, 0.05) is 31.8 Å². The first kappa shape index (κ1) is 23.7. The number of aromatic nitrogens is 3. The lowest BCUT2D eigenvalue weighted by molar-refractivity contribution is 0.140. The zero-order valence-electron chi connectivity index (χ0n) is 19.5. The largest absolute Gasteiger partial charge is 0.383 e. The molecule has 6 nitrogen and oxygen atoms in total. The van der Waals surface area contributed by atoms with Crippen LogP contribution in [-0.2, 0) is 17.7 Å². The summed E-state index contributed by atoms with van der Waals surface area (Å²) in [6.07, 6.45) is 6.95. The highest BCUT2D eigenvalue weighted by molar-refractivity contribution is 9.10. The van der Waals surface area contributed by atoms with Gasteiger partial charge in [-0.15, -0.1) is 0 Å². The van der Waals surface area contributed by atoms with Gasteiger partial charge in [0.1, 0.15) is 5.82 Å². The van der Waals surface area contributed by atoms with Gasteiger partial charge in [0.2, 0.25) is 0 Å². The van der Waals surface area contributed by atoms with E-state index in [-0.39, 0.29) is 0 Å². The number of nitrogens with two attached hydrogens (primary N) is 1. The maximum Gasteiger partial charge on any atom is 0.165 e. The number of fused-ring (bicyclic) bond motifs is 1. The Morgan fingerprint density at radius 1 is 1.27 bits per heavy atom. The number of nitrogens with zero attached hydrogens (tertiary/aromatic N) is 4. The Bertz CT molecular complexity index is 1170. The Kier molecular flexibility index (Phi) is 7.63. The number of nitrogen functional groups attached to an aromatic ring is 1. The summed E-state index contributed by atoms with van der Waals surface area (Å²) in [5.41, 5.74) is 13.9. The van der Waals surface area contributed by atoms with Gasteiger partial charge in [-0.3, -0.25) is 4.90 Å². The molecule has 0 spiro atoms. The smallest absolute Gasteiger partial charge is 0.165 e. The number of rotatable bonds is 7.